The molecule has 1 atom stereocenters. The molecular weight excluding hydrogens is 216 g/mol. The Hall–Kier alpha value is 0.270. The predicted molar refractivity (Wildman–Crippen MR) is 72.9 cm³/mol. The minimum Gasteiger partial charge on any atom is -0.328 e. The van der Waals surface area contributed by atoms with Crippen molar-refractivity contribution < 1.29 is 0 Å². The molecule has 1 aliphatic heterocycles. The maximum Gasteiger partial charge on any atom is 0.0166 e. The lowest BCUT2D eigenvalue weighted by atomic mass is 9.86. The van der Waals surface area contributed by atoms with Crippen LogP contribution >= 0.6 is 11.8 Å². The number of thioether (sulfide) groups is 1. The lowest BCUT2D eigenvalue weighted by molar-refractivity contribution is 0.266. The summed E-state index contributed by atoms with van der Waals surface area (Å²) in [6.07, 6.45) is 6.32. The molecule has 0 amide bonds. The van der Waals surface area contributed by atoms with Crippen LogP contribution in [-0.2, 0) is 0 Å². The summed E-state index contributed by atoms with van der Waals surface area (Å²) in [6.45, 7) is 4.79. The molecule has 1 unspecified atom stereocenters. The monoisotopic (exact) mass is 242 g/mol. The molecule has 0 aromatic rings. The van der Waals surface area contributed by atoms with Crippen molar-refractivity contribution in [3.05, 3.63) is 0 Å². The van der Waals surface area contributed by atoms with E-state index in [1.54, 1.807) is 0 Å². The van der Waals surface area contributed by atoms with Gasteiger partial charge in [0.15, 0.2) is 0 Å². The van der Waals surface area contributed by atoms with Crippen LogP contribution in [-0.4, -0.2) is 29.6 Å². The first-order valence-electron chi connectivity index (χ1n) is 6.64. The molecule has 2 rings (SSSR count). The van der Waals surface area contributed by atoms with E-state index in [1.807, 2.05) is 0 Å². The van der Waals surface area contributed by atoms with E-state index in [1.165, 1.54) is 43.6 Å². The molecule has 3 N–H and O–H groups in total. The maximum absolute atomic E-state index is 5.94. The Morgan fingerprint density at radius 1 is 1.12 bits per heavy atom. The molecule has 0 radical (unpaired) electrons. The molecule has 16 heavy (non-hydrogen) atoms. The van der Waals surface area contributed by atoms with Crippen LogP contribution in [0.1, 0.15) is 46.0 Å². The molecule has 2 nitrogen and oxygen atoms in total. The van der Waals surface area contributed by atoms with Crippen LogP contribution in [0.4, 0.5) is 0 Å². The van der Waals surface area contributed by atoms with Gasteiger partial charge in [0.1, 0.15) is 0 Å². The SMILES string of the molecule is CC1(C)CSCC(NC2CCC(N)CC2)C1. The lowest BCUT2D eigenvalue weighted by Crippen LogP contribution is -2.47. The van der Waals surface area contributed by atoms with Crippen molar-refractivity contribution in [3.63, 3.8) is 0 Å². The Balaban J connectivity index is 1.76. The van der Waals surface area contributed by atoms with E-state index in [4.69, 9.17) is 5.73 Å². The minimum atomic E-state index is 0.468. The average molecular weight is 242 g/mol. The van der Waals surface area contributed by atoms with Gasteiger partial charge in [0.05, 0.1) is 0 Å². The Bertz CT molecular complexity index is 222. The molecule has 1 saturated carbocycles. The minimum absolute atomic E-state index is 0.468. The van der Waals surface area contributed by atoms with Crippen LogP contribution in [0, 0.1) is 5.41 Å². The number of nitrogens with two attached hydrogens (primary N) is 1. The van der Waals surface area contributed by atoms with Crippen LogP contribution in [0.2, 0.25) is 0 Å². The largest absolute Gasteiger partial charge is 0.328 e. The van der Waals surface area contributed by atoms with Gasteiger partial charge in [0.2, 0.25) is 0 Å². The van der Waals surface area contributed by atoms with Gasteiger partial charge in [-0.2, -0.15) is 11.8 Å². The summed E-state index contributed by atoms with van der Waals surface area (Å²) < 4.78 is 0. The van der Waals surface area contributed by atoms with E-state index in [9.17, 15) is 0 Å². The third-order valence-electron chi connectivity index (χ3n) is 3.85. The second-order valence-corrected chi connectivity index (χ2v) is 7.39. The first-order chi connectivity index (χ1) is 7.55. The normalized spacial score (nSPS) is 39.6. The second-order valence-electron chi connectivity index (χ2n) is 6.36. The fraction of sp³-hybridized carbons (Fsp3) is 1.00. The summed E-state index contributed by atoms with van der Waals surface area (Å²) in [7, 11) is 0. The third-order valence-corrected chi connectivity index (χ3v) is 5.48. The molecule has 0 bridgehead atoms. The molecule has 1 aliphatic carbocycles. The van der Waals surface area contributed by atoms with Gasteiger partial charge in [-0.1, -0.05) is 13.8 Å². The van der Waals surface area contributed by atoms with Crippen LogP contribution < -0.4 is 11.1 Å². The second kappa shape index (κ2) is 5.28. The zero-order valence-electron chi connectivity index (χ0n) is 10.7. The third kappa shape index (κ3) is 3.64. The molecule has 3 heteroatoms. The van der Waals surface area contributed by atoms with Gasteiger partial charge < -0.3 is 11.1 Å². The van der Waals surface area contributed by atoms with E-state index >= 15 is 0 Å². The molecule has 1 heterocycles. The summed E-state index contributed by atoms with van der Waals surface area (Å²) >= 11 is 2.11. The van der Waals surface area contributed by atoms with Crippen molar-refractivity contribution in [1.82, 2.24) is 5.32 Å². The van der Waals surface area contributed by atoms with Crippen LogP contribution in [0.3, 0.4) is 0 Å². The Morgan fingerprint density at radius 3 is 2.44 bits per heavy atom. The molecule has 94 valence electrons. The van der Waals surface area contributed by atoms with Gasteiger partial charge in [-0.3, -0.25) is 0 Å². The zero-order chi connectivity index (χ0) is 11.6. The van der Waals surface area contributed by atoms with Crippen LogP contribution in [0.25, 0.3) is 0 Å². The van der Waals surface area contributed by atoms with E-state index in [2.05, 4.69) is 30.9 Å². The van der Waals surface area contributed by atoms with Gasteiger partial charge in [0, 0.05) is 23.9 Å². The lowest BCUT2D eigenvalue weighted by Gasteiger charge is -2.38. The Kier molecular flexibility index (Phi) is 4.20. The van der Waals surface area contributed by atoms with Gasteiger partial charge in [-0.25, -0.2) is 0 Å². The molecular formula is C13H26N2S. The van der Waals surface area contributed by atoms with Gasteiger partial charge in [-0.05, 0) is 43.3 Å². The molecule has 2 fully saturated rings. The molecule has 0 aromatic carbocycles. The fourth-order valence-corrected chi connectivity index (χ4v) is 4.28. The summed E-state index contributed by atoms with van der Waals surface area (Å²) in [5, 5.41) is 3.86. The van der Waals surface area contributed by atoms with Crippen molar-refractivity contribution in [3.8, 4) is 0 Å². The van der Waals surface area contributed by atoms with E-state index < -0.39 is 0 Å². The fourth-order valence-electron chi connectivity index (χ4n) is 2.99. The Morgan fingerprint density at radius 2 is 1.81 bits per heavy atom. The van der Waals surface area contributed by atoms with Gasteiger partial charge in [0.25, 0.3) is 0 Å². The standard InChI is InChI=1S/C13H26N2S/c1-13(2)7-12(8-16-9-13)15-11-5-3-10(14)4-6-11/h10-12,15H,3-9,14H2,1-2H3. The maximum atomic E-state index is 5.94. The summed E-state index contributed by atoms with van der Waals surface area (Å²) in [5.74, 6) is 2.62. The highest BCUT2D eigenvalue weighted by Gasteiger charge is 2.30. The number of hydrogen-bond acceptors (Lipinski definition) is 3. The van der Waals surface area contributed by atoms with E-state index in [-0.39, 0.29) is 0 Å². The number of hydrogen-bond donors (Lipinski definition) is 2. The first-order valence-corrected chi connectivity index (χ1v) is 7.80. The van der Waals surface area contributed by atoms with Gasteiger partial charge >= 0.3 is 0 Å². The predicted octanol–water partition coefficient (Wildman–Crippen LogP) is 2.38. The van der Waals surface area contributed by atoms with E-state index in [0.29, 0.717) is 11.5 Å². The van der Waals surface area contributed by atoms with Crippen molar-refractivity contribution >= 4 is 11.8 Å². The van der Waals surface area contributed by atoms with Crippen molar-refractivity contribution in [2.75, 3.05) is 11.5 Å². The number of rotatable bonds is 2. The molecule has 1 saturated heterocycles. The van der Waals surface area contributed by atoms with E-state index in [0.717, 1.165) is 12.1 Å². The topological polar surface area (TPSA) is 38.0 Å². The molecule has 0 spiro atoms. The molecule has 2 aliphatic rings. The highest BCUT2D eigenvalue weighted by atomic mass is 32.2. The summed E-state index contributed by atoms with van der Waals surface area (Å²) in [4.78, 5) is 0. The van der Waals surface area contributed by atoms with Crippen molar-refractivity contribution in [2.24, 2.45) is 11.1 Å². The highest BCUT2D eigenvalue weighted by Crippen LogP contribution is 2.34. The van der Waals surface area contributed by atoms with Crippen molar-refractivity contribution in [2.45, 2.75) is 64.1 Å². The smallest absolute Gasteiger partial charge is 0.0166 e. The summed E-state index contributed by atoms with van der Waals surface area (Å²) in [5.41, 5.74) is 6.46. The first kappa shape index (κ1) is 12.7. The highest BCUT2D eigenvalue weighted by molar-refractivity contribution is 7.99. The Labute approximate surface area is 104 Å². The van der Waals surface area contributed by atoms with Crippen LogP contribution in [0.15, 0.2) is 0 Å². The van der Waals surface area contributed by atoms with Crippen molar-refractivity contribution in [1.29, 1.82) is 0 Å². The quantitative estimate of drug-likeness (QED) is 0.781. The number of nitrogens with one attached hydrogen (secondary N) is 1. The zero-order valence-corrected chi connectivity index (χ0v) is 11.5. The van der Waals surface area contributed by atoms with Gasteiger partial charge in [-0.15, -0.1) is 0 Å². The summed E-state index contributed by atoms with van der Waals surface area (Å²) in [6, 6.07) is 1.93. The van der Waals surface area contributed by atoms with Crippen LogP contribution in [0.5, 0.6) is 0 Å². The molecule has 0 aromatic heterocycles. The average Bonchev–Trinajstić information content (AvgIpc) is 2.20.